The highest BCUT2D eigenvalue weighted by molar-refractivity contribution is 5.95. The molecule has 1 aliphatic rings. The molecule has 0 aromatic heterocycles. The number of phenols is 2. The van der Waals surface area contributed by atoms with Crippen molar-refractivity contribution in [1.82, 2.24) is 5.32 Å². The van der Waals surface area contributed by atoms with E-state index in [2.05, 4.69) is 17.4 Å². The summed E-state index contributed by atoms with van der Waals surface area (Å²) in [6.45, 7) is 0. The third kappa shape index (κ3) is 2.32. The van der Waals surface area contributed by atoms with E-state index in [-0.39, 0.29) is 23.4 Å². The molecule has 1 amide bonds. The molecular weight excluding hydrogens is 254 g/mol. The van der Waals surface area contributed by atoms with Crippen molar-refractivity contribution in [2.45, 2.75) is 18.9 Å². The molecular formula is C16H15NO3. The molecule has 2 aromatic carbocycles. The Balaban J connectivity index is 1.70. The van der Waals surface area contributed by atoms with Crippen molar-refractivity contribution in [1.29, 1.82) is 0 Å². The molecule has 3 N–H and O–H groups in total. The lowest BCUT2D eigenvalue weighted by atomic mass is 10.1. The summed E-state index contributed by atoms with van der Waals surface area (Å²) in [5.41, 5.74) is 2.88. The van der Waals surface area contributed by atoms with Gasteiger partial charge < -0.3 is 15.5 Å². The van der Waals surface area contributed by atoms with E-state index in [0.717, 1.165) is 12.8 Å². The second-order valence-electron chi connectivity index (χ2n) is 5.05. The van der Waals surface area contributed by atoms with Gasteiger partial charge in [-0.3, -0.25) is 4.79 Å². The van der Waals surface area contributed by atoms with E-state index >= 15 is 0 Å². The van der Waals surface area contributed by atoms with Crippen LogP contribution < -0.4 is 5.32 Å². The van der Waals surface area contributed by atoms with Gasteiger partial charge in [-0.1, -0.05) is 24.3 Å². The zero-order chi connectivity index (χ0) is 14.1. The lowest BCUT2D eigenvalue weighted by molar-refractivity contribution is 0.0938. The number of carbonyl (C=O) groups excluding carboxylic acids is 1. The van der Waals surface area contributed by atoms with E-state index in [1.54, 1.807) is 0 Å². The number of hydrogen-bond donors (Lipinski definition) is 3. The first-order chi connectivity index (χ1) is 9.63. The van der Waals surface area contributed by atoms with Crippen LogP contribution in [0.3, 0.4) is 0 Å². The Bertz CT molecular complexity index is 642. The predicted molar refractivity (Wildman–Crippen MR) is 74.9 cm³/mol. The minimum Gasteiger partial charge on any atom is -0.504 e. The van der Waals surface area contributed by atoms with Crippen LogP contribution in [0.4, 0.5) is 0 Å². The number of carbonyl (C=O) groups is 1. The van der Waals surface area contributed by atoms with Gasteiger partial charge in [0.1, 0.15) is 0 Å². The molecule has 0 unspecified atom stereocenters. The maximum absolute atomic E-state index is 12.1. The van der Waals surface area contributed by atoms with E-state index in [1.165, 1.54) is 29.3 Å². The highest BCUT2D eigenvalue weighted by Gasteiger charge is 2.23. The number of amides is 1. The summed E-state index contributed by atoms with van der Waals surface area (Å²) >= 11 is 0. The maximum atomic E-state index is 12.1. The summed E-state index contributed by atoms with van der Waals surface area (Å²) in [4.78, 5) is 12.1. The van der Waals surface area contributed by atoms with Crippen LogP contribution >= 0.6 is 0 Å². The van der Waals surface area contributed by atoms with Gasteiger partial charge >= 0.3 is 0 Å². The molecule has 0 saturated carbocycles. The van der Waals surface area contributed by atoms with Gasteiger partial charge in [0.2, 0.25) is 0 Å². The molecule has 0 radical (unpaired) electrons. The minimum absolute atomic E-state index is 0.0795. The van der Waals surface area contributed by atoms with Gasteiger partial charge in [-0.05, 0) is 42.2 Å². The number of hydrogen-bond acceptors (Lipinski definition) is 3. The Morgan fingerprint density at radius 1 is 1.00 bits per heavy atom. The van der Waals surface area contributed by atoms with Gasteiger partial charge in [-0.2, -0.15) is 0 Å². The summed E-state index contributed by atoms with van der Waals surface area (Å²) in [6.07, 6.45) is 1.65. The Hall–Kier alpha value is -2.49. The van der Waals surface area contributed by atoms with Crippen molar-refractivity contribution in [3.8, 4) is 11.5 Å². The number of phenolic OH excluding ortho intramolecular Hbond substituents is 2. The molecule has 0 saturated heterocycles. The Morgan fingerprint density at radius 3 is 2.25 bits per heavy atom. The lowest BCUT2D eigenvalue weighted by Gasteiger charge is -2.12. The van der Waals surface area contributed by atoms with Crippen LogP contribution in [0.15, 0.2) is 42.5 Å². The van der Waals surface area contributed by atoms with Crippen molar-refractivity contribution in [3.05, 3.63) is 59.2 Å². The van der Waals surface area contributed by atoms with Gasteiger partial charge in [0.25, 0.3) is 5.91 Å². The minimum atomic E-state index is -0.285. The average Bonchev–Trinajstić information content (AvgIpc) is 2.83. The van der Waals surface area contributed by atoms with Crippen LogP contribution in [-0.2, 0) is 12.8 Å². The zero-order valence-electron chi connectivity index (χ0n) is 10.8. The molecule has 4 heteroatoms. The fourth-order valence-electron chi connectivity index (χ4n) is 2.59. The van der Waals surface area contributed by atoms with Gasteiger partial charge in [0.05, 0.1) is 0 Å². The van der Waals surface area contributed by atoms with E-state index in [1.807, 2.05) is 12.1 Å². The van der Waals surface area contributed by atoms with E-state index in [9.17, 15) is 15.0 Å². The summed E-state index contributed by atoms with van der Waals surface area (Å²) in [5, 5.41) is 21.6. The van der Waals surface area contributed by atoms with Crippen LogP contribution in [0.1, 0.15) is 21.5 Å². The first-order valence-corrected chi connectivity index (χ1v) is 6.53. The van der Waals surface area contributed by atoms with E-state index in [4.69, 9.17) is 0 Å². The van der Waals surface area contributed by atoms with Crippen molar-refractivity contribution < 1.29 is 15.0 Å². The molecule has 3 rings (SSSR count). The largest absolute Gasteiger partial charge is 0.504 e. The third-order valence-corrected chi connectivity index (χ3v) is 3.62. The van der Waals surface area contributed by atoms with Crippen LogP contribution in [-0.4, -0.2) is 22.2 Å². The molecule has 0 heterocycles. The van der Waals surface area contributed by atoms with Crippen molar-refractivity contribution >= 4 is 5.91 Å². The van der Waals surface area contributed by atoms with Crippen molar-refractivity contribution in [3.63, 3.8) is 0 Å². The quantitative estimate of drug-likeness (QED) is 0.730. The Labute approximate surface area is 116 Å². The highest BCUT2D eigenvalue weighted by Crippen LogP contribution is 2.25. The highest BCUT2D eigenvalue weighted by atomic mass is 16.3. The Morgan fingerprint density at radius 2 is 1.65 bits per heavy atom. The SMILES string of the molecule is O=C(NC1Cc2ccccc2C1)c1ccc(O)c(O)c1. The molecule has 0 fully saturated rings. The fraction of sp³-hybridized carbons (Fsp3) is 0.188. The topological polar surface area (TPSA) is 69.6 Å². The van der Waals surface area contributed by atoms with Crippen LogP contribution in [0.25, 0.3) is 0 Å². The molecule has 1 aliphatic carbocycles. The summed E-state index contributed by atoms with van der Waals surface area (Å²) < 4.78 is 0. The van der Waals surface area contributed by atoms with E-state index < -0.39 is 0 Å². The normalized spacial score (nSPS) is 14.0. The molecule has 20 heavy (non-hydrogen) atoms. The fourth-order valence-corrected chi connectivity index (χ4v) is 2.59. The van der Waals surface area contributed by atoms with Gasteiger partial charge in [-0.25, -0.2) is 0 Å². The monoisotopic (exact) mass is 269 g/mol. The molecule has 0 bridgehead atoms. The van der Waals surface area contributed by atoms with Crippen molar-refractivity contribution in [2.75, 3.05) is 0 Å². The number of fused-ring (bicyclic) bond motifs is 1. The smallest absolute Gasteiger partial charge is 0.251 e. The van der Waals surface area contributed by atoms with Gasteiger partial charge in [-0.15, -0.1) is 0 Å². The summed E-state index contributed by atoms with van der Waals surface area (Å²) in [5.74, 6) is -0.750. The first-order valence-electron chi connectivity index (χ1n) is 6.53. The predicted octanol–water partition coefficient (Wildman–Crippen LogP) is 1.99. The number of rotatable bonds is 2. The number of benzene rings is 2. The molecule has 0 atom stereocenters. The zero-order valence-corrected chi connectivity index (χ0v) is 10.8. The number of nitrogens with one attached hydrogen (secondary N) is 1. The van der Waals surface area contributed by atoms with Crippen LogP contribution in [0.5, 0.6) is 11.5 Å². The van der Waals surface area contributed by atoms with Gasteiger partial charge in [0.15, 0.2) is 11.5 Å². The average molecular weight is 269 g/mol. The summed E-state index contributed by atoms with van der Waals surface area (Å²) in [7, 11) is 0. The van der Waals surface area contributed by atoms with E-state index in [0.29, 0.717) is 5.56 Å². The molecule has 4 nitrogen and oxygen atoms in total. The lowest BCUT2D eigenvalue weighted by Crippen LogP contribution is -2.35. The molecule has 2 aromatic rings. The maximum Gasteiger partial charge on any atom is 0.251 e. The third-order valence-electron chi connectivity index (χ3n) is 3.62. The van der Waals surface area contributed by atoms with Crippen molar-refractivity contribution in [2.24, 2.45) is 0 Å². The second-order valence-corrected chi connectivity index (χ2v) is 5.05. The molecule has 0 aliphatic heterocycles. The second kappa shape index (κ2) is 4.89. The van der Waals surface area contributed by atoms with Crippen LogP contribution in [0.2, 0.25) is 0 Å². The van der Waals surface area contributed by atoms with Crippen LogP contribution in [0, 0.1) is 0 Å². The van der Waals surface area contributed by atoms with Gasteiger partial charge in [0, 0.05) is 11.6 Å². The molecule has 102 valence electrons. The Kier molecular flexibility index (Phi) is 3.06. The standard InChI is InChI=1S/C16H15NO3/c18-14-6-5-12(9-15(14)19)16(20)17-13-7-10-3-1-2-4-11(10)8-13/h1-6,9,13,18-19H,7-8H2,(H,17,20). The first kappa shape index (κ1) is 12.5. The summed E-state index contributed by atoms with van der Waals surface area (Å²) in [6, 6.07) is 12.3. The molecule has 0 spiro atoms. The number of aromatic hydroxyl groups is 2.